The summed E-state index contributed by atoms with van der Waals surface area (Å²) >= 11 is 2.57. The number of thioether (sulfide) groups is 1. The first-order chi connectivity index (χ1) is 10.6. The zero-order valence-corrected chi connectivity index (χ0v) is 12.9. The van der Waals surface area contributed by atoms with Gasteiger partial charge >= 0.3 is 0 Å². The minimum atomic E-state index is -0.674. The maximum Gasteiger partial charge on any atom is 0.234 e. The van der Waals surface area contributed by atoms with E-state index in [0.29, 0.717) is 10.4 Å². The van der Waals surface area contributed by atoms with Gasteiger partial charge in [-0.1, -0.05) is 23.1 Å². The van der Waals surface area contributed by atoms with Crippen LogP contribution in [0, 0.1) is 11.6 Å². The van der Waals surface area contributed by atoms with E-state index in [4.69, 9.17) is 0 Å². The van der Waals surface area contributed by atoms with Gasteiger partial charge < -0.3 is 10.6 Å². The predicted octanol–water partition coefficient (Wildman–Crippen LogP) is 3.12. The second-order valence-electron chi connectivity index (χ2n) is 4.75. The molecular formula is C13H12F2N4OS2. The smallest absolute Gasteiger partial charge is 0.234 e. The number of halogens is 2. The summed E-state index contributed by atoms with van der Waals surface area (Å²) in [6, 6.07) is 3.40. The fourth-order valence-electron chi connectivity index (χ4n) is 1.64. The van der Waals surface area contributed by atoms with Crippen LogP contribution in [-0.2, 0) is 4.79 Å². The SMILES string of the molecule is O=C(CSc1nnc(NC2CC2)s1)Nc1cc(F)ccc1F. The molecule has 1 aliphatic rings. The van der Waals surface area contributed by atoms with E-state index in [2.05, 4.69) is 20.8 Å². The lowest BCUT2D eigenvalue weighted by atomic mass is 10.3. The number of anilines is 2. The van der Waals surface area contributed by atoms with Gasteiger partial charge in [-0.15, -0.1) is 10.2 Å². The molecular weight excluding hydrogens is 330 g/mol. The quantitative estimate of drug-likeness (QED) is 0.790. The van der Waals surface area contributed by atoms with Crippen LogP contribution >= 0.6 is 23.1 Å². The maximum absolute atomic E-state index is 13.4. The zero-order valence-electron chi connectivity index (χ0n) is 11.3. The van der Waals surface area contributed by atoms with Gasteiger partial charge in [-0.05, 0) is 25.0 Å². The summed E-state index contributed by atoms with van der Waals surface area (Å²) in [4.78, 5) is 11.8. The number of benzene rings is 1. The first-order valence-electron chi connectivity index (χ1n) is 6.58. The number of hydrogen-bond donors (Lipinski definition) is 2. The van der Waals surface area contributed by atoms with Crippen molar-refractivity contribution in [3.05, 3.63) is 29.8 Å². The van der Waals surface area contributed by atoms with Crippen molar-refractivity contribution in [1.82, 2.24) is 10.2 Å². The fraction of sp³-hybridized carbons (Fsp3) is 0.308. The Morgan fingerprint density at radius 2 is 2.18 bits per heavy atom. The molecule has 0 aliphatic heterocycles. The number of carbonyl (C=O) groups excluding carboxylic acids is 1. The third-order valence-corrected chi connectivity index (χ3v) is 4.83. The molecule has 1 amide bonds. The van der Waals surface area contributed by atoms with Crippen LogP contribution in [0.15, 0.2) is 22.5 Å². The van der Waals surface area contributed by atoms with Crippen LogP contribution in [0.4, 0.5) is 19.6 Å². The van der Waals surface area contributed by atoms with Gasteiger partial charge in [-0.3, -0.25) is 4.79 Å². The van der Waals surface area contributed by atoms with Crippen LogP contribution in [0.25, 0.3) is 0 Å². The molecule has 1 aromatic heterocycles. The molecule has 116 valence electrons. The van der Waals surface area contributed by atoms with Crippen molar-refractivity contribution in [3.8, 4) is 0 Å². The fourth-order valence-corrected chi connectivity index (χ4v) is 3.26. The number of nitrogens with zero attached hydrogens (tertiary/aromatic N) is 2. The number of carbonyl (C=O) groups is 1. The third-order valence-electron chi connectivity index (χ3n) is 2.84. The molecule has 0 spiro atoms. The first kappa shape index (κ1) is 15.2. The highest BCUT2D eigenvalue weighted by Crippen LogP contribution is 2.30. The van der Waals surface area contributed by atoms with E-state index < -0.39 is 17.5 Å². The molecule has 3 rings (SSSR count). The molecule has 1 fully saturated rings. The van der Waals surface area contributed by atoms with Gasteiger partial charge in [0.1, 0.15) is 11.6 Å². The van der Waals surface area contributed by atoms with Crippen molar-refractivity contribution in [3.63, 3.8) is 0 Å². The number of nitrogens with one attached hydrogen (secondary N) is 2. The molecule has 0 bridgehead atoms. The minimum Gasteiger partial charge on any atom is -0.357 e. The highest BCUT2D eigenvalue weighted by molar-refractivity contribution is 8.01. The highest BCUT2D eigenvalue weighted by atomic mass is 32.2. The lowest BCUT2D eigenvalue weighted by Gasteiger charge is -2.05. The molecule has 1 aromatic carbocycles. The summed E-state index contributed by atoms with van der Waals surface area (Å²) in [5.74, 6) is -1.66. The van der Waals surface area contributed by atoms with Gasteiger partial charge in [0, 0.05) is 12.1 Å². The van der Waals surface area contributed by atoms with E-state index in [1.165, 1.54) is 23.1 Å². The molecule has 22 heavy (non-hydrogen) atoms. The van der Waals surface area contributed by atoms with E-state index >= 15 is 0 Å². The first-order valence-corrected chi connectivity index (χ1v) is 8.38. The summed E-state index contributed by atoms with van der Waals surface area (Å²) in [7, 11) is 0. The van der Waals surface area contributed by atoms with E-state index in [-0.39, 0.29) is 11.4 Å². The lowest BCUT2D eigenvalue weighted by Crippen LogP contribution is -2.15. The molecule has 1 heterocycles. The Kier molecular flexibility index (Phi) is 4.53. The Hall–Kier alpha value is -1.74. The van der Waals surface area contributed by atoms with Gasteiger partial charge in [0.05, 0.1) is 11.4 Å². The van der Waals surface area contributed by atoms with E-state index in [1.807, 2.05) is 0 Å². The summed E-state index contributed by atoms with van der Waals surface area (Å²) in [5, 5.41) is 14.2. The summed E-state index contributed by atoms with van der Waals surface area (Å²) in [6.45, 7) is 0. The molecule has 0 radical (unpaired) electrons. The van der Waals surface area contributed by atoms with Crippen molar-refractivity contribution in [2.24, 2.45) is 0 Å². The van der Waals surface area contributed by atoms with Crippen LogP contribution in [0.2, 0.25) is 0 Å². The Morgan fingerprint density at radius 1 is 1.36 bits per heavy atom. The largest absolute Gasteiger partial charge is 0.357 e. The van der Waals surface area contributed by atoms with Gasteiger partial charge in [0.25, 0.3) is 0 Å². The Labute approximate surface area is 133 Å². The van der Waals surface area contributed by atoms with Crippen LogP contribution in [-0.4, -0.2) is 27.9 Å². The van der Waals surface area contributed by atoms with E-state index in [0.717, 1.165) is 36.2 Å². The van der Waals surface area contributed by atoms with Gasteiger partial charge in [-0.25, -0.2) is 8.78 Å². The molecule has 5 nitrogen and oxygen atoms in total. The zero-order chi connectivity index (χ0) is 15.5. The van der Waals surface area contributed by atoms with Crippen molar-refractivity contribution < 1.29 is 13.6 Å². The average molecular weight is 342 g/mol. The van der Waals surface area contributed by atoms with Crippen LogP contribution in [0.3, 0.4) is 0 Å². The van der Waals surface area contributed by atoms with Gasteiger partial charge in [0.15, 0.2) is 4.34 Å². The maximum atomic E-state index is 13.4. The van der Waals surface area contributed by atoms with Crippen LogP contribution in [0.1, 0.15) is 12.8 Å². The molecule has 1 aliphatic carbocycles. The van der Waals surface area contributed by atoms with Gasteiger partial charge in [0.2, 0.25) is 11.0 Å². The van der Waals surface area contributed by atoms with Crippen LogP contribution in [0.5, 0.6) is 0 Å². The van der Waals surface area contributed by atoms with E-state index in [1.54, 1.807) is 0 Å². The second kappa shape index (κ2) is 6.57. The Bertz CT molecular complexity index is 690. The third kappa shape index (κ3) is 4.14. The molecule has 2 N–H and O–H groups in total. The minimum absolute atomic E-state index is 0.0496. The Balaban J connectivity index is 1.51. The van der Waals surface area contributed by atoms with Crippen molar-refractivity contribution in [2.75, 3.05) is 16.4 Å². The molecule has 9 heteroatoms. The topological polar surface area (TPSA) is 66.9 Å². The Morgan fingerprint density at radius 3 is 2.95 bits per heavy atom. The normalized spacial score (nSPS) is 13.9. The second-order valence-corrected chi connectivity index (χ2v) is 6.95. The molecule has 0 atom stereocenters. The average Bonchev–Trinajstić information content (AvgIpc) is 3.18. The van der Waals surface area contributed by atoms with Gasteiger partial charge in [-0.2, -0.15) is 0 Å². The van der Waals surface area contributed by atoms with Crippen molar-refractivity contribution >= 4 is 39.8 Å². The van der Waals surface area contributed by atoms with E-state index in [9.17, 15) is 13.6 Å². The van der Waals surface area contributed by atoms with Crippen molar-refractivity contribution in [1.29, 1.82) is 0 Å². The number of rotatable bonds is 6. The summed E-state index contributed by atoms with van der Waals surface area (Å²) in [5.41, 5.74) is -0.168. The summed E-state index contributed by atoms with van der Waals surface area (Å²) in [6.07, 6.45) is 2.29. The number of aromatic nitrogens is 2. The number of amides is 1. The standard InChI is InChI=1S/C13H12F2N4OS2/c14-7-1-4-9(15)10(5-7)17-11(20)6-21-13-19-18-12(22-13)16-8-2-3-8/h1,4-5,8H,2-3,6H2,(H,16,18)(H,17,20). The highest BCUT2D eigenvalue weighted by Gasteiger charge is 2.22. The van der Waals surface area contributed by atoms with Crippen LogP contribution < -0.4 is 10.6 Å². The predicted molar refractivity (Wildman–Crippen MR) is 82.3 cm³/mol. The molecule has 0 saturated heterocycles. The monoisotopic (exact) mass is 342 g/mol. The van der Waals surface area contributed by atoms with Crippen molar-refractivity contribution in [2.45, 2.75) is 23.2 Å². The molecule has 1 saturated carbocycles. The number of hydrogen-bond acceptors (Lipinski definition) is 6. The lowest BCUT2D eigenvalue weighted by molar-refractivity contribution is -0.113. The molecule has 0 unspecified atom stereocenters. The molecule has 2 aromatic rings. The summed E-state index contributed by atoms with van der Waals surface area (Å²) < 4.78 is 27.1.